The first-order valence-electron chi connectivity index (χ1n) is 10.2. The monoisotopic (exact) mass is 434 g/mol. The average molecular weight is 435 g/mol. The van der Waals surface area contributed by atoms with Crippen molar-refractivity contribution in [3.05, 3.63) is 94.0 Å². The molecule has 158 valence electrons. The van der Waals surface area contributed by atoms with E-state index in [-0.39, 0.29) is 0 Å². The van der Waals surface area contributed by atoms with Crippen LogP contribution >= 0.6 is 11.6 Å². The molecule has 1 atom stereocenters. The fraction of sp³-hybridized carbons (Fsp3) is 0.240. The molecule has 2 aliphatic rings. The number of aliphatic imine (C=N–C) groups is 1. The molecule has 0 saturated heterocycles. The maximum absolute atomic E-state index is 6.82. The largest absolute Gasteiger partial charge is 0.493 e. The van der Waals surface area contributed by atoms with Crippen LogP contribution in [0.25, 0.3) is 0 Å². The molecule has 2 heterocycles. The number of rotatable bonds is 6. The van der Waals surface area contributed by atoms with E-state index < -0.39 is 5.72 Å². The number of amidine groups is 1. The zero-order valence-electron chi connectivity index (χ0n) is 17.5. The molecule has 0 aliphatic carbocycles. The summed E-state index contributed by atoms with van der Waals surface area (Å²) in [4.78, 5) is 7.05. The number of methoxy groups -OCH3 is 2. The smallest absolute Gasteiger partial charge is 0.196 e. The van der Waals surface area contributed by atoms with Crippen molar-refractivity contribution in [2.75, 3.05) is 27.3 Å². The summed E-state index contributed by atoms with van der Waals surface area (Å²) in [6.45, 7) is 1.93. The molecule has 0 amide bonds. The highest BCUT2D eigenvalue weighted by Gasteiger charge is 2.52. The van der Waals surface area contributed by atoms with E-state index in [9.17, 15) is 0 Å². The van der Waals surface area contributed by atoms with Crippen molar-refractivity contribution in [1.82, 2.24) is 4.90 Å². The van der Waals surface area contributed by atoms with Gasteiger partial charge in [0.05, 0.1) is 27.4 Å². The van der Waals surface area contributed by atoms with Crippen molar-refractivity contribution in [2.45, 2.75) is 12.3 Å². The molecule has 31 heavy (non-hydrogen) atoms. The van der Waals surface area contributed by atoms with E-state index >= 15 is 0 Å². The van der Waals surface area contributed by atoms with Crippen LogP contribution in [0.2, 0.25) is 5.02 Å². The second-order valence-electron chi connectivity index (χ2n) is 7.53. The van der Waals surface area contributed by atoms with Gasteiger partial charge >= 0.3 is 0 Å². The zero-order valence-corrected chi connectivity index (χ0v) is 18.2. The Hall–Kier alpha value is -3.02. The van der Waals surface area contributed by atoms with Crippen molar-refractivity contribution in [2.24, 2.45) is 4.99 Å². The normalized spacial score (nSPS) is 19.1. The van der Waals surface area contributed by atoms with Gasteiger partial charge < -0.3 is 19.1 Å². The van der Waals surface area contributed by atoms with Gasteiger partial charge in [0.2, 0.25) is 0 Å². The van der Waals surface area contributed by atoms with Gasteiger partial charge in [-0.2, -0.15) is 0 Å². The lowest BCUT2D eigenvalue weighted by molar-refractivity contribution is -0.104. The van der Waals surface area contributed by atoms with Gasteiger partial charge in [-0.15, -0.1) is 0 Å². The van der Waals surface area contributed by atoms with E-state index in [1.807, 2.05) is 54.6 Å². The minimum atomic E-state index is -0.774. The lowest BCUT2D eigenvalue weighted by atomic mass is 9.93. The maximum Gasteiger partial charge on any atom is 0.196 e. The van der Waals surface area contributed by atoms with Crippen molar-refractivity contribution in [3.8, 4) is 11.5 Å². The van der Waals surface area contributed by atoms with Crippen molar-refractivity contribution in [1.29, 1.82) is 0 Å². The Morgan fingerprint density at radius 1 is 0.968 bits per heavy atom. The standard InChI is InChI=1S/C25H23ClN2O3/c1-29-22-12-7-17(15-23(22)30-2)16-31-25(18-8-10-19(26)11-9-18)21-6-4-3-5-20(21)24-27-13-14-28(24)25/h3-12,15H,13-14,16H2,1-2H3. The Morgan fingerprint density at radius 2 is 1.74 bits per heavy atom. The number of fused-ring (bicyclic) bond motifs is 3. The molecular formula is C25H23ClN2O3. The van der Waals surface area contributed by atoms with Gasteiger partial charge in [-0.1, -0.05) is 54.1 Å². The van der Waals surface area contributed by atoms with E-state index in [0.29, 0.717) is 23.1 Å². The van der Waals surface area contributed by atoms with E-state index in [2.05, 4.69) is 17.0 Å². The summed E-state index contributed by atoms with van der Waals surface area (Å²) in [6.07, 6.45) is 0. The third-order valence-corrected chi connectivity index (χ3v) is 6.14. The molecule has 2 aliphatic heterocycles. The minimum absolute atomic E-state index is 0.390. The van der Waals surface area contributed by atoms with Crippen LogP contribution in [0.5, 0.6) is 11.5 Å². The summed E-state index contributed by atoms with van der Waals surface area (Å²) in [6, 6.07) is 22.1. The second-order valence-corrected chi connectivity index (χ2v) is 7.97. The highest BCUT2D eigenvalue weighted by Crippen LogP contribution is 2.47. The fourth-order valence-corrected chi connectivity index (χ4v) is 4.61. The molecule has 5 rings (SSSR count). The molecule has 0 fully saturated rings. The third kappa shape index (κ3) is 3.16. The third-order valence-electron chi connectivity index (χ3n) is 5.89. The van der Waals surface area contributed by atoms with Crippen molar-refractivity contribution in [3.63, 3.8) is 0 Å². The van der Waals surface area contributed by atoms with Crippen LogP contribution in [0.15, 0.2) is 71.7 Å². The zero-order chi connectivity index (χ0) is 21.4. The molecule has 0 bridgehead atoms. The molecule has 0 aromatic heterocycles. The summed E-state index contributed by atoms with van der Waals surface area (Å²) in [5, 5.41) is 0.695. The predicted molar refractivity (Wildman–Crippen MR) is 121 cm³/mol. The highest BCUT2D eigenvalue weighted by atomic mass is 35.5. The number of hydrogen-bond acceptors (Lipinski definition) is 5. The number of halogens is 1. The van der Waals surface area contributed by atoms with E-state index in [1.165, 1.54) is 0 Å². The Morgan fingerprint density at radius 3 is 2.52 bits per heavy atom. The van der Waals surface area contributed by atoms with Gasteiger partial charge in [0.15, 0.2) is 17.2 Å². The summed E-state index contributed by atoms with van der Waals surface area (Å²) in [7, 11) is 3.27. The summed E-state index contributed by atoms with van der Waals surface area (Å²) in [5.74, 6) is 2.36. The first kappa shape index (κ1) is 19.9. The number of benzene rings is 3. The molecule has 0 spiro atoms. The topological polar surface area (TPSA) is 43.3 Å². The van der Waals surface area contributed by atoms with Crippen LogP contribution in [0.3, 0.4) is 0 Å². The molecule has 1 unspecified atom stereocenters. The SMILES string of the molecule is COc1ccc(COC2(c3ccc(Cl)cc3)c3ccccc3C3=NCCN32)cc1OC. The highest BCUT2D eigenvalue weighted by molar-refractivity contribution is 6.30. The summed E-state index contributed by atoms with van der Waals surface area (Å²) < 4.78 is 17.7. The van der Waals surface area contributed by atoms with Crippen LogP contribution in [0, 0.1) is 0 Å². The summed E-state index contributed by atoms with van der Waals surface area (Å²) in [5.41, 5.74) is 3.45. The Bertz CT molecular complexity index is 1150. The Kier molecular flexibility index (Phi) is 5.08. The quantitative estimate of drug-likeness (QED) is 0.556. The van der Waals surface area contributed by atoms with Gasteiger partial charge in [0.25, 0.3) is 0 Å². The maximum atomic E-state index is 6.82. The van der Waals surface area contributed by atoms with E-state index in [4.69, 9.17) is 30.8 Å². The van der Waals surface area contributed by atoms with Gasteiger partial charge in [0, 0.05) is 28.3 Å². The number of ether oxygens (including phenoxy) is 3. The number of nitrogens with zero attached hydrogens (tertiary/aromatic N) is 2. The average Bonchev–Trinajstić information content (AvgIpc) is 3.39. The molecule has 0 saturated carbocycles. The van der Waals surface area contributed by atoms with Crippen molar-refractivity contribution >= 4 is 17.4 Å². The Balaban J connectivity index is 1.60. The molecule has 3 aromatic rings. The first-order valence-corrected chi connectivity index (χ1v) is 10.6. The molecule has 0 radical (unpaired) electrons. The van der Waals surface area contributed by atoms with E-state index in [1.54, 1.807) is 14.2 Å². The summed E-state index contributed by atoms with van der Waals surface area (Å²) >= 11 is 6.21. The molecule has 6 heteroatoms. The number of hydrogen-bond donors (Lipinski definition) is 0. The van der Waals surface area contributed by atoms with Crippen LogP contribution in [-0.2, 0) is 17.1 Å². The van der Waals surface area contributed by atoms with Gasteiger partial charge in [-0.05, 0) is 29.8 Å². The van der Waals surface area contributed by atoms with Gasteiger partial charge in [0.1, 0.15) is 5.84 Å². The van der Waals surface area contributed by atoms with Gasteiger partial charge in [-0.25, -0.2) is 0 Å². The minimum Gasteiger partial charge on any atom is -0.493 e. The molecule has 0 N–H and O–H groups in total. The lowest BCUT2D eigenvalue weighted by Gasteiger charge is -2.39. The van der Waals surface area contributed by atoms with Crippen LogP contribution < -0.4 is 9.47 Å². The Labute approximate surface area is 186 Å². The first-order chi connectivity index (χ1) is 15.2. The molecular weight excluding hydrogens is 412 g/mol. The van der Waals surface area contributed by atoms with Crippen LogP contribution in [0.1, 0.15) is 22.3 Å². The van der Waals surface area contributed by atoms with Crippen LogP contribution in [-0.4, -0.2) is 38.0 Å². The fourth-order valence-electron chi connectivity index (χ4n) is 4.49. The second kappa shape index (κ2) is 7.91. The molecule has 5 nitrogen and oxygen atoms in total. The predicted octanol–water partition coefficient (Wildman–Crippen LogP) is 4.85. The molecule has 3 aromatic carbocycles. The van der Waals surface area contributed by atoms with E-state index in [0.717, 1.165) is 41.2 Å². The van der Waals surface area contributed by atoms with Crippen molar-refractivity contribution < 1.29 is 14.2 Å². The van der Waals surface area contributed by atoms with Gasteiger partial charge in [-0.3, -0.25) is 4.99 Å². The van der Waals surface area contributed by atoms with Crippen LogP contribution in [0.4, 0.5) is 0 Å². The lowest BCUT2D eigenvalue weighted by Crippen LogP contribution is -2.46.